The molecule has 0 rings (SSSR count). The van der Waals surface area contributed by atoms with Crippen LogP contribution in [-0.4, -0.2) is 17.4 Å². The predicted octanol–water partition coefficient (Wildman–Crippen LogP) is -0.862. The summed E-state index contributed by atoms with van der Waals surface area (Å²) < 4.78 is 0. The molecule has 0 saturated carbocycles. The molecule has 0 amide bonds. The fourth-order valence-electron chi connectivity index (χ4n) is 0. The first-order valence-corrected chi connectivity index (χ1v) is 0. The maximum absolute atomic E-state index is 0. The third-order valence-corrected chi connectivity index (χ3v) is 0. The molecule has 0 heterocycles. The van der Waals surface area contributed by atoms with Crippen molar-refractivity contribution in [1.82, 2.24) is 12.3 Å². The van der Waals surface area contributed by atoms with E-state index in [9.17, 15) is 0 Å². The topological polar surface area (TPSA) is 70.0 Å². The second-order valence-electron chi connectivity index (χ2n) is 0. The first-order valence-electron chi connectivity index (χ1n) is 0. The molecule has 0 aromatic heterocycles. The number of hydrogen-bond acceptors (Lipinski definition) is 2. The molecular weight excluding hydrogens is 103 g/mol. The van der Waals surface area contributed by atoms with Crippen LogP contribution in [0.25, 0.3) is 0 Å². The molecule has 0 radical (unpaired) electrons. The van der Waals surface area contributed by atoms with Gasteiger partial charge in [-0.15, -0.1) is 0 Å². The summed E-state index contributed by atoms with van der Waals surface area (Å²) in [6, 6.07) is 0. The van der Waals surface area contributed by atoms with Crippen molar-refractivity contribution in [3.05, 3.63) is 0 Å². The smallest absolute Gasteiger partial charge is 0.187 e. The summed E-state index contributed by atoms with van der Waals surface area (Å²) >= 11 is 0. The van der Waals surface area contributed by atoms with Crippen molar-refractivity contribution in [2.24, 2.45) is 0 Å². The van der Waals surface area contributed by atoms with E-state index in [0.717, 1.165) is 0 Å². The van der Waals surface area contributed by atoms with E-state index < -0.39 is 0 Å². The largest absolute Gasteiger partial charge is 0.344 e. The summed E-state index contributed by atoms with van der Waals surface area (Å²) in [5.41, 5.74) is 0. The van der Waals surface area contributed by atoms with Gasteiger partial charge in [0.1, 0.15) is 0 Å². The van der Waals surface area contributed by atoms with Crippen LogP contribution in [0, 0.1) is 0 Å². The summed E-state index contributed by atoms with van der Waals surface area (Å²) in [5.74, 6) is 0. The molecule has 4 heteroatoms. The van der Waals surface area contributed by atoms with Crippen LogP contribution in [0.15, 0.2) is 0 Å². The molecule has 0 bridgehead atoms. The van der Waals surface area contributed by atoms with Crippen molar-refractivity contribution in [2.75, 3.05) is 0 Å². The second-order valence-corrected chi connectivity index (χ2v) is 0. The van der Waals surface area contributed by atoms with E-state index in [1.807, 2.05) is 0 Å². The van der Waals surface area contributed by atoms with Crippen LogP contribution in [-0.2, 0) is 21.7 Å². The molecule has 2 nitrogen and oxygen atoms in total. The molecule has 0 aromatic rings. The van der Waals surface area contributed by atoms with Crippen molar-refractivity contribution in [3.63, 3.8) is 0 Å². The van der Waals surface area contributed by atoms with Gasteiger partial charge in [-0.1, -0.05) is 0 Å². The van der Waals surface area contributed by atoms with Gasteiger partial charge in [-0.25, -0.2) is 0 Å². The Morgan fingerprint density at radius 3 is 0.750 bits per heavy atom. The average Bonchev–Trinajstić information content (AvgIpc) is 0. The van der Waals surface area contributed by atoms with Crippen LogP contribution >= 0.6 is 0 Å². The summed E-state index contributed by atoms with van der Waals surface area (Å²) in [6.45, 7) is 0. The molecule has 0 aromatic carbocycles. The van der Waals surface area contributed by atoms with E-state index in [4.69, 9.17) is 0 Å². The third-order valence-electron chi connectivity index (χ3n) is 0. The molecule has 6 N–H and O–H groups in total. The normalized spacial score (nSPS) is 0. The minimum Gasteiger partial charge on any atom is -0.344 e. The van der Waals surface area contributed by atoms with Crippen molar-refractivity contribution >= 4 is 17.4 Å². The number of hydrogen-bond donors (Lipinski definition) is 2. The summed E-state index contributed by atoms with van der Waals surface area (Å²) in [4.78, 5) is 0. The van der Waals surface area contributed by atoms with Crippen LogP contribution in [0.2, 0.25) is 0 Å². The summed E-state index contributed by atoms with van der Waals surface area (Å²) in [6.07, 6.45) is 0. The van der Waals surface area contributed by atoms with Gasteiger partial charge in [0.05, 0.1) is 0 Å². The van der Waals surface area contributed by atoms with Gasteiger partial charge in [-0.2, -0.15) is 0 Å². The molecule has 0 aliphatic carbocycles. The van der Waals surface area contributed by atoms with Gasteiger partial charge in [-0.05, 0) is 0 Å². The quantitative estimate of drug-likeness (QED) is 0.400. The SMILES string of the molecule is N.N.[AlH3].[Ti]. The van der Waals surface area contributed by atoms with E-state index in [2.05, 4.69) is 0 Å². The summed E-state index contributed by atoms with van der Waals surface area (Å²) in [5, 5.41) is 0. The van der Waals surface area contributed by atoms with E-state index in [1.165, 1.54) is 0 Å². The van der Waals surface area contributed by atoms with E-state index >= 15 is 0 Å². The second kappa shape index (κ2) is 30.7. The Hall–Kier alpha value is 1.17. The van der Waals surface area contributed by atoms with Crippen molar-refractivity contribution in [2.45, 2.75) is 0 Å². The van der Waals surface area contributed by atoms with E-state index in [0.29, 0.717) is 0 Å². The molecular formula is H9AlN2Ti. The maximum Gasteiger partial charge on any atom is 0.187 e. The Morgan fingerprint density at radius 1 is 0.750 bits per heavy atom. The van der Waals surface area contributed by atoms with E-state index in [-0.39, 0.29) is 51.4 Å². The number of rotatable bonds is 0. The Kier molecular flexibility index (Phi) is 506. The van der Waals surface area contributed by atoms with Crippen LogP contribution in [0.4, 0.5) is 0 Å². The average molecular weight is 112 g/mol. The van der Waals surface area contributed by atoms with Gasteiger partial charge in [-0.3, -0.25) is 0 Å². The monoisotopic (exact) mass is 112 g/mol. The van der Waals surface area contributed by atoms with Gasteiger partial charge in [0.2, 0.25) is 0 Å². The van der Waals surface area contributed by atoms with Crippen LogP contribution < -0.4 is 12.3 Å². The zero-order valence-electron chi connectivity index (χ0n) is 1.91. The first-order chi connectivity index (χ1) is 0. The molecule has 0 unspecified atom stereocenters. The van der Waals surface area contributed by atoms with Crippen LogP contribution in [0.5, 0.6) is 0 Å². The Morgan fingerprint density at radius 2 is 0.750 bits per heavy atom. The zero-order chi connectivity index (χ0) is 0. The molecule has 4 heavy (non-hydrogen) atoms. The molecule has 0 fully saturated rings. The molecule has 26 valence electrons. The molecule has 0 aliphatic heterocycles. The molecule has 0 aliphatic rings. The Balaban J connectivity index is 0. The van der Waals surface area contributed by atoms with Gasteiger partial charge >= 0.3 is 0 Å². The minimum atomic E-state index is 0. The fourth-order valence-corrected chi connectivity index (χ4v) is 0. The predicted molar refractivity (Wildman–Crippen MR) is 20.0 cm³/mol. The zero-order valence-corrected chi connectivity index (χ0v) is 3.48. The van der Waals surface area contributed by atoms with Gasteiger partial charge in [0.15, 0.2) is 17.4 Å². The van der Waals surface area contributed by atoms with E-state index in [1.54, 1.807) is 0 Å². The van der Waals surface area contributed by atoms with Crippen LogP contribution in [0.1, 0.15) is 0 Å². The van der Waals surface area contributed by atoms with Gasteiger partial charge in [0.25, 0.3) is 0 Å². The van der Waals surface area contributed by atoms with Crippen molar-refractivity contribution < 1.29 is 21.7 Å². The molecule has 0 spiro atoms. The minimum absolute atomic E-state index is 0. The first kappa shape index (κ1) is 65.9. The van der Waals surface area contributed by atoms with Crippen molar-refractivity contribution in [3.8, 4) is 0 Å². The standard InChI is InChI=1S/Al.2H3N.Ti.3H/h;2*1H3;;;;. The fraction of sp³-hybridized carbons (Fsp3) is 0. The van der Waals surface area contributed by atoms with Crippen molar-refractivity contribution in [1.29, 1.82) is 0 Å². The third kappa shape index (κ3) is 10.9. The molecule has 0 saturated heterocycles. The maximum atomic E-state index is 0. The van der Waals surface area contributed by atoms with Gasteiger partial charge in [0, 0.05) is 21.7 Å². The summed E-state index contributed by atoms with van der Waals surface area (Å²) in [7, 11) is 0. The van der Waals surface area contributed by atoms with Crippen LogP contribution in [0.3, 0.4) is 0 Å². The molecule has 0 atom stereocenters. The Labute approximate surface area is 51.5 Å². The Bertz CT molecular complexity index is 6.00. The van der Waals surface area contributed by atoms with Gasteiger partial charge < -0.3 is 12.3 Å².